The van der Waals surface area contributed by atoms with Crippen molar-refractivity contribution in [3.05, 3.63) is 0 Å². The number of amides is 1. The zero-order valence-corrected chi connectivity index (χ0v) is 18.7. The molecule has 1 spiro atoms. The molecule has 26 heavy (non-hydrogen) atoms. The number of nitrogens with zero attached hydrogens (tertiary/aromatic N) is 4. The second kappa shape index (κ2) is 10.0. The maximum absolute atomic E-state index is 11.0. The molecule has 3 fully saturated rings. The molecule has 1 aliphatic carbocycles. The lowest BCUT2D eigenvalue weighted by atomic mass is 9.79. The average molecular weight is 369 g/mol. The molecule has 1 amide bonds. The van der Waals surface area contributed by atoms with E-state index >= 15 is 0 Å². The van der Waals surface area contributed by atoms with Crippen molar-refractivity contribution < 1.29 is 4.79 Å². The minimum absolute atomic E-state index is 0.266. The highest BCUT2D eigenvalue weighted by atomic mass is 16.1. The molecule has 0 atom stereocenters. The highest BCUT2D eigenvalue weighted by molar-refractivity contribution is 5.47. The molecular weight excluding hydrogens is 324 g/mol. The van der Waals surface area contributed by atoms with Gasteiger partial charge in [0.05, 0.1) is 0 Å². The molecule has 0 aromatic heterocycles. The molecule has 5 heteroatoms. The third kappa shape index (κ3) is 6.50. The van der Waals surface area contributed by atoms with Crippen molar-refractivity contribution in [2.75, 3.05) is 60.9 Å². The standard InChI is InChI=1S/C16H29N3O.C3H9N.C2H6/c1-15(2)11-19(10-14-4-5-14)16(12-17(15)3)6-8-18(13-20)9-7-16;1-4(2)3;1-2/h13-14H,4-12H2,1-3H3;1-3H3;1-2H3. The minimum atomic E-state index is 0.266. The van der Waals surface area contributed by atoms with Crippen LogP contribution >= 0.6 is 0 Å². The Kier molecular flexibility index (Phi) is 9.04. The number of carbonyl (C=O) groups is 1. The number of rotatable bonds is 3. The summed E-state index contributed by atoms with van der Waals surface area (Å²) in [6.45, 7) is 14.2. The van der Waals surface area contributed by atoms with E-state index in [1.165, 1.54) is 25.9 Å². The van der Waals surface area contributed by atoms with E-state index in [-0.39, 0.29) is 5.54 Å². The van der Waals surface area contributed by atoms with E-state index in [1.807, 2.05) is 44.8 Å². The maximum atomic E-state index is 11.0. The number of piperidine rings is 1. The molecule has 5 nitrogen and oxygen atoms in total. The van der Waals surface area contributed by atoms with Gasteiger partial charge in [-0.05, 0) is 73.6 Å². The van der Waals surface area contributed by atoms with Crippen LogP contribution < -0.4 is 0 Å². The smallest absolute Gasteiger partial charge is 0.209 e. The van der Waals surface area contributed by atoms with Gasteiger partial charge in [0.2, 0.25) is 6.41 Å². The van der Waals surface area contributed by atoms with Crippen LogP contribution in [0.15, 0.2) is 0 Å². The molecule has 2 heterocycles. The Morgan fingerprint density at radius 1 is 1.04 bits per heavy atom. The topological polar surface area (TPSA) is 30.0 Å². The quantitative estimate of drug-likeness (QED) is 0.717. The molecule has 2 aliphatic heterocycles. The zero-order chi connectivity index (χ0) is 20.0. The third-order valence-corrected chi connectivity index (χ3v) is 5.87. The fraction of sp³-hybridized carbons (Fsp3) is 0.952. The predicted octanol–water partition coefficient (Wildman–Crippen LogP) is 2.62. The van der Waals surface area contributed by atoms with E-state index in [2.05, 4.69) is 30.7 Å². The lowest BCUT2D eigenvalue weighted by molar-refractivity contribution is -0.125. The van der Waals surface area contributed by atoms with Crippen LogP contribution in [0.25, 0.3) is 0 Å². The highest BCUT2D eigenvalue weighted by Crippen LogP contribution is 2.40. The van der Waals surface area contributed by atoms with Gasteiger partial charge in [0.15, 0.2) is 0 Å². The number of likely N-dealkylation sites (N-methyl/N-ethyl adjacent to an activating group) is 1. The number of carbonyl (C=O) groups excluding carboxylic acids is 1. The Hall–Kier alpha value is -0.650. The summed E-state index contributed by atoms with van der Waals surface area (Å²) in [6, 6.07) is 0. The van der Waals surface area contributed by atoms with Crippen LogP contribution in [0.4, 0.5) is 0 Å². The van der Waals surface area contributed by atoms with Crippen molar-refractivity contribution in [2.45, 2.75) is 64.5 Å². The summed E-state index contributed by atoms with van der Waals surface area (Å²) in [7, 11) is 8.27. The van der Waals surface area contributed by atoms with E-state index < -0.39 is 0 Å². The first-order valence-electron chi connectivity index (χ1n) is 10.5. The second-order valence-corrected chi connectivity index (χ2v) is 9.20. The molecule has 2 saturated heterocycles. The van der Waals surface area contributed by atoms with Crippen molar-refractivity contribution in [3.63, 3.8) is 0 Å². The lowest BCUT2D eigenvalue weighted by Crippen LogP contribution is -2.70. The third-order valence-electron chi connectivity index (χ3n) is 5.87. The molecule has 0 radical (unpaired) electrons. The molecule has 1 saturated carbocycles. The van der Waals surface area contributed by atoms with E-state index in [1.54, 1.807) is 0 Å². The fourth-order valence-electron chi connectivity index (χ4n) is 3.90. The van der Waals surface area contributed by atoms with Gasteiger partial charge in [0, 0.05) is 43.8 Å². The average Bonchev–Trinajstić information content (AvgIpc) is 3.39. The van der Waals surface area contributed by atoms with Gasteiger partial charge in [0.25, 0.3) is 0 Å². The zero-order valence-electron chi connectivity index (χ0n) is 18.7. The molecule has 0 bridgehead atoms. The Morgan fingerprint density at radius 2 is 1.54 bits per heavy atom. The minimum Gasteiger partial charge on any atom is -0.345 e. The Morgan fingerprint density at radius 3 is 1.96 bits per heavy atom. The van der Waals surface area contributed by atoms with Crippen molar-refractivity contribution in [3.8, 4) is 0 Å². The van der Waals surface area contributed by atoms with Crippen LogP contribution in [0, 0.1) is 5.92 Å². The predicted molar refractivity (Wildman–Crippen MR) is 112 cm³/mol. The van der Waals surface area contributed by atoms with Gasteiger partial charge in [0.1, 0.15) is 0 Å². The van der Waals surface area contributed by atoms with Crippen molar-refractivity contribution in [1.29, 1.82) is 0 Å². The second-order valence-electron chi connectivity index (χ2n) is 9.20. The lowest BCUT2D eigenvalue weighted by Gasteiger charge is -2.59. The molecule has 3 rings (SSSR count). The van der Waals surface area contributed by atoms with Crippen molar-refractivity contribution in [1.82, 2.24) is 19.6 Å². The van der Waals surface area contributed by atoms with Crippen LogP contribution in [-0.2, 0) is 4.79 Å². The van der Waals surface area contributed by atoms with Gasteiger partial charge in [-0.2, -0.15) is 0 Å². The summed E-state index contributed by atoms with van der Waals surface area (Å²) < 4.78 is 0. The highest BCUT2D eigenvalue weighted by Gasteiger charge is 2.49. The van der Waals surface area contributed by atoms with Crippen LogP contribution in [0.5, 0.6) is 0 Å². The molecule has 0 N–H and O–H groups in total. The van der Waals surface area contributed by atoms with E-state index in [0.717, 1.165) is 44.8 Å². The molecule has 154 valence electrons. The van der Waals surface area contributed by atoms with E-state index in [9.17, 15) is 4.79 Å². The molecule has 0 aromatic rings. The summed E-state index contributed by atoms with van der Waals surface area (Å²) in [5.74, 6) is 0.940. The molecule has 0 unspecified atom stereocenters. The SMILES string of the molecule is CC.CN(C)C.CN1CC2(CCN(C=O)CC2)N(CC2CC2)CC1(C)C. The van der Waals surface area contributed by atoms with Gasteiger partial charge in [-0.25, -0.2) is 0 Å². The van der Waals surface area contributed by atoms with Crippen LogP contribution in [0.3, 0.4) is 0 Å². The number of piperazine rings is 1. The monoisotopic (exact) mass is 368 g/mol. The van der Waals surface area contributed by atoms with Gasteiger partial charge in [-0.15, -0.1) is 0 Å². The van der Waals surface area contributed by atoms with E-state index in [0.29, 0.717) is 5.54 Å². The molecule has 3 aliphatic rings. The maximum Gasteiger partial charge on any atom is 0.209 e. The van der Waals surface area contributed by atoms with Crippen molar-refractivity contribution >= 4 is 6.41 Å². The van der Waals surface area contributed by atoms with Crippen LogP contribution in [0.2, 0.25) is 0 Å². The Balaban J connectivity index is 0.000000500. The van der Waals surface area contributed by atoms with Gasteiger partial charge in [-0.1, -0.05) is 13.8 Å². The van der Waals surface area contributed by atoms with Crippen molar-refractivity contribution in [2.24, 2.45) is 5.92 Å². The number of hydrogen-bond acceptors (Lipinski definition) is 4. The largest absolute Gasteiger partial charge is 0.345 e. The first-order valence-corrected chi connectivity index (χ1v) is 10.5. The van der Waals surface area contributed by atoms with Crippen LogP contribution in [0.1, 0.15) is 53.4 Å². The van der Waals surface area contributed by atoms with Gasteiger partial charge < -0.3 is 9.80 Å². The summed E-state index contributed by atoms with van der Waals surface area (Å²) in [5.41, 5.74) is 0.578. The fourth-order valence-corrected chi connectivity index (χ4v) is 3.90. The Bertz CT molecular complexity index is 409. The summed E-state index contributed by atoms with van der Waals surface area (Å²) >= 11 is 0. The van der Waals surface area contributed by atoms with E-state index in [4.69, 9.17) is 0 Å². The summed E-state index contributed by atoms with van der Waals surface area (Å²) in [5, 5.41) is 0. The number of likely N-dealkylation sites (tertiary alicyclic amines) is 1. The first-order chi connectivity index (χ1) is 12.2. The molecular formula is C21H44N4O. The van der Waals surface area contributed by atoms with Crippen LogP contribution in [-0.4, -0.2) is 98.0 Å². The Labute approximate surface area is 162 Å². The van der Waals surface area contributed by atoms with Gasteiger partial charge >= 0.3 is 0 Å². The van der Waals surface area contributed by atoms with Gasteiger partial charge in [-0.3, -0.25) is 14.6 Å². The molecule has 0 aromatic carbocycles. The normalized spacial score (nSPS) is 25.2. The number of hydrogen-bond donors (Lipinski definition) is 0. The summed E-state index contributed by atoms with van der Waals surface area (Å²) in [4.78, 5) is 20.2. The summed E-state index contributed by atoms with van der Waals surface area (Å²) in [6.07, 6.45) is 6.14. The first kappa shape index (κ1) is 23.4.